The number of carboxylic acids is 1. The van der Waals surface area contributed by atoms with Gasteiger partial charge in [0, 0.05) is 6.54 Å². The Morgan fingerprint density at radius 1 is 1.04 bits per heavy atom. The molecule has 0 aromatic heterocycles. The minimum atomic E-state index is -0.960. The summed E-state index contributed by atoms with van der Waals surface area (Å²) in [5.74, 6) is -1.58. The molecule has 2 rings (SSSR count). The van der Waals surface area contributed by atoms with Crippen molar-refractivity contribution in [3.8, 4) is 5.75 Å². The second kappa shape index (κ2) is 8.15. The summed E-state index contributed by atoms with van der Waals surface area (Å²) in [6.07, 6.45) is 0. The number of carboxylic acid groups (broad SMARTS) is 1. The first-order chi connectivity index (χ1) is 11.5. The van der Waals surface area contributed by atoms with Gasteiger partial charge in [-0.05, 0) is 30.2 Å². The fraction of sp³-hybridized carbons (Fsp3) is 0.263. The van der Waals surface area contributed by atoms with Crippen molar-refractivity contribution in [2.24, 2.45) is 0 Å². The lowest BCUT2D eigenvalue weighted by Gasteiger charge is -2.17. The predicted molar refractivity (Wildman–Crippen MR) is 91.2 cm³/mol. The van der Waals surface area contributed by atoms with Crippen molar-refractivity contribution in [3.63, 3.8) is 0 Å². The van der Waals surface area contributed by atoms with Crippen molar-refractivity contribution in [2.45, 2.75) is 18.8 Å². The topological polar surface area (TPSA) is 75.6 Å². The second-order valence-electron chi connectivity index (χ2n) is 5.54. The van der Waals surface area contributed by atoms with Crippen molar-refractivity contribution in [1.82, 2.24) is 5.32 Å². The number of carbonyl (C=O) groups excluding carboxylic acids is 1. The van der Waals surface area contributed by atoms with E-state index in [1.165, 1.54) is 0 Å². The van der Waals surface area contributed by atoms with Gasteiger partial charge in [-0.3, -0.25) is 9.59 Å². The molecule has 0 fully saturated rings. The zero-order chi connectivity index (χ0) is 17.5. The maximum atomic E-state index is 12.3. The van der Waals surface area contributed by atoms with Gasteiger partial charge in [0.15, 0.2) is 0 Å². The van der Waals surface area contributed by atoms with Crippen molar-refractivity contribution in [1.29, 1.82) is 0 Å². The molecule has 1 amide bonds. The third kappa shape index (κ3) is 4.35. The van der Waals surface area contributed by atoms with E-state index < -0.39 is 11.9 Å². The lowest BCUT2D eigenvalue weighted by molar-refractivity contribution is -0.138. The van der Waals surface area contributed by atoms with Crippen molar-refractivity contribution >= 4 is 11.9 Å². The Morgan fingerprint density at radius 3 is 2.21 bits per heavy atom. The molecule has 24 heavy (non-hydrogen) atoms. The molecule has 0 spiro atoms. The molecule has 0 saturated carbocycles. The molecule has 2 N–H and O–H groups in total. The predicted octanol–water partition coefficient (Wildman–Crippen LogP) is 2.78. The van der Waals surface area contributed by atoms with Gasteiger partial charge >= 0.3 is 5.97 Å². The van der Waals surface area contributed by atoms with Crippen molar-refractivity contribution < 1.29 is 19.4 Å². The van der Waals surface area contributed by atoms with Crippen LogP contribution in [0.2, 0.25) is 0 Å². The summed E-state index contributed by atoms with van der Waals surface area (Å²) < 4.78 is 5.10. The van der Waals surface area contributed by atoms with E-state index in [4.69, 9.17) is 4.74 Å². The summed E-state index contributed by atoms with van der Waals surface area (Å²) in [6.45, 7) is 1.84. The molecular formula is C19H21NO4. The average molecular weight is 327 g/mol. The SMILES string of the molecule is COc1ccc([C@H](C)C(=O)NC[C@H](C(=O)O)c2ccccc2)cc1. The van der Waals surface area contributed by atoms with Crippen LogP contribution < -0.4 is 10.1 Å². The van der Waals surface area contributed by atoms with Crippen LogP contribution in [0, 0.1) is 0 Å². The molecule has 2 aromatic rings. The number of amides is 1. The van der Waals surface area contributed by atoms with E-state index in [1.54, 1.807) is 50.4 Å². The van der Waals surface area contributed by atoms with Crippen LogP contribution in [0.5, 0.6) is 5.75 Å². The molecule has 0 unspecified atom stereocenters. The van der Waals surface area contributed by atoms with E-state index in [0.717, 1.165) is 11.3 Å². The molecule has 0 aliphatic carbocycles. The molecule has 0 bridgehead atoms. The van der Waals surface area contributed by atoms with Crippen LogP contribution in [-0.2, 0) is 9.59 Å². The zero-order valence-corrected chi connectivity index (χ0v) is 13.7. The average Bonchev–Trinajstić information content (AvgIpc) is 2.61. The number of hydrogen-bond acceptors (Lipinski definition) is 3. The minimum Gasteiger partial charge on any atom is -0.497 e. The van der Waals surface area contributed by atoms with E-state index in [-0.39, 0.29) is 18.4 Å². The number of rotatable bonds is 7. The molecule has 2 atom stereocenters. The fourth-order valence-corrected chi connectivity index (χ4v) is 2.43. The Kier molecular flexibility index (Phi) is 5.95. The van der Waals surface area contributed by atoms with Crippen LogP contribution in [0.25, 0.3) is 0 Å². The number of benzene rings is 2. The van der Waals surface area contributed by atoms with Crippen molar-refractivity contribution in [3.05, 3.63) is 65.7 Å². The van der Waals surface area contributed by atoms with Crippen LogP contribution >= 0.6 is 0 Å². The molecule has 0 aliphatic rings. The van der Waals surface area contributed by atoms with Gasteiger partial charge in [0.2, 0.25) is 5.91 Å². The molecule has 126 valence electrons. The summed E-state index contributed by atoms with van der Waals surface area (Å²) >= 11 is 0. The summed E-state index contributed by atoms with van der Waals surface area (Å²) in [5.41, 5.74) is 1.52. The highest BCUT2D eigenvalue weighted by atomic mass is 16.5. The van der Waals surface area contributed by atoms with Crippen molar-refractivity contribution in [2.75, 3.05) is 13.7 Å². The summed E-state index contributed by atoms with van der Waals surface area (Å²) in [7, 11) is 1.58. The normalized spacial score (nSPS) is 12.9. The van der Waals surface area contributed by atoms with Crippen LogP contribution in [0.15, 0.2) is 54.6 Å². The smallest absolute Gasteiger partial charge is 0.312 e. The highest BCUT2D eigenvalue weighted by molar-refractivity contribution is 5.84. The molecule has 0 aliphatic heterocycles. The molecule has 5 nitrogen and oxygen atoms in total. The largest absolute Gasteiger partial charge is 0.497 e. The Balaban J connectivity index is 2.01. The first-order valence-corrected chi connectivity index (χ1v) is 7.72. The van der Waals surface area contributed by atoms with Gasteiger partial charge in [-0.2, -0.15) is 0 Å². The maximum absolute atomic E-state index is 12.3. The Bertz CT molecular complexity index is 682. The number of methoxy groups -OCH3 is 1. The summed E-state index contributed by atoms with van der Waals surface area (Å²) in [5, 5.41) is 12.1. The molecule has 0 saturated heterocycles. The minimum absolute atomic E-state index is 0.0542. The maximum Gasteiger partial charge on any atom is 0.312 e. The monoisotopic (exact) mass is 327 g/mol. The van der Waals surface area contributed by atoms with Crippen LogP contribution in [0.1, 0.15) is 29.9 Å². The molecule has 5 heteroatoms. The highest BCUT2D eigenvalue weighted by Crippen LogP contribution is 2.20. The quantitative estimate of drug-likeness (QED) is 0.820. The third-order valence-corrected chi connectivity index (χ3v) is 3.99. The highest BCUT2D eigenvalue weighted by Gasteiger charge is 2.22. The van der Waals surface area contributed by atoms with Gasteiger partial charge in [0.1, 0.15) is 5.75 Å². The van der Waals surface area contributed by atoms with Gasteiger partial charge < -0.3 is 15.2 Å². The van der Waals surface area contributed by atoms with Crippen LogP contribution in [0.4, 0.5) is 0 Å². The molecule has 0 radical (unpaired) electrons. The Hall–Kier alpha value is -2.82. The van der Waals surface area contributed by atoms with Gasteiger partial charge in [0.25, 0.3) is 0 Å². The van der Waals surface area contributed by atoms with Gasteiger partial charge in [-0.1, -0.05) is 42.5 Å². The summed E-state index contributed by atoms with van der Waals surface area (Å²) in [6, 6.07) is 16.1. The first kappa shape index (κ1) is 17.5. The van der Waals surface area contributed by atoms with E-state index in [9.17, 15) is 14.7 Å². The summed E-state index contributed by atoms with van der Waals surface area (Å²) in [4.78, 5) is 23.8. The van der Waals surface area contributed by atoms with Gasteiger partial charge in [-0.25, -0.2) is 0 Å². The van der Waals surface area contributed by atoms with E-state index in [2.05, 4.69) is 5.32 Å². The van der Waals surface area contributed by atoms with E-state index in [0.29, 0.717) is 5.56 Å². The number of aliphatic carboxylic acids is 1. The Morgan fingerprint density at radius 2 is 1.67 bits per heavy atom. The lowest BCUT2D eigenvalue weighted by atomic mass is 9.97. The second-order valence-corrected chi connectivity index (χ2v) is 5.54. The van der Waals surface area contributed by atoms with Crippen LogP contribution in [-0.4, -0.2) is 30.6 Å². The third-order valence-electron chi connectivity index (χ3n) is 3.99. The number of nitrogens with one attached hydrogen (secondary N) is 1. The first-order valence-electron chi connectivity index (χ1n) is 7.72. The van der Waals surface area contributed by atoms with Gasteiger partial charge in [0.05, 0.1) is 18.9 Å². The van der Waals surface area contributed by atoms with E-state index >= 15 is 0 Å². The lowest BCUT2D eigenvalue weighted by Crippen LogP contribution is -2.34. The standard InChI is InChI=1S/C19H21NO4/c1-13(14-8-10-16(24-2)11-9-14)18(21)20-12-17(19(22)23)15-6-4-3-5-7-15/h3-11,13,17H,12H2,1-2H3,(H,20,21)(H,22,23)/t13-,17-/m0/s1. The van der Waals surface area contributed by atoms with Gasteiger partial charge in [-0.15, -0.1) is 0 Å². The molecular weight excluding hydrogens is 306 g/mol. The molecule has 2 aromatic carbocycles. The number of hydrogen-bond donors (Lipinski definition) is 2. The number of ether oxygens (including phenoxy) is 1. The van der Waals surface area contributed by atoms with E-state index in [1.807, 2.05) is 18.2 Å². The number of carbonyl (C=O) groups is 2. The fourth-order valence-electron chi connectivity index (χ4n) is 2.43. The Labute approximate surface area is 141 Å². The van der Waals surface area contributed by atoms with Crippen LogP contribution in [0.3, 0.4) is 0 Å². The molecule has 0 heterocycles. The zero-order valence-electron chi connectivity index (χ0n) is 13.7.